The lowest BCUT2D eigenvalue weighted by molar-refractivity contribution is 0.512. The van der Waals surface area contributed by atoms with Crippen LogP contribution < -0.4 is 11.1 Å². The molecule has 0 unspecified atom stereocenters. The number of para-hydroxylation sites is 2. The molecule has 0 radical (unpaired) electrons. The Hall–Kier alpha value is -3.14. The molecule has 2 heterocycles. The Bertz CT molecular complexity index is 1000. The topological polar surface area (TPSA) is 51.0 Å². The van der Waals surface area contributed by atoms with Gasteiger partial charge >= 0.3 is 0 Å². The van der Waals surface area contributed by atoms with Gasteiger partial charge in [0, 0.05) is 22.9 Å². The van der Waals surface area contributed by atoms with Crippen LogP contribution in [0.1, 0.15) is 0 Å². The number of rotatable bonds is 1. The normalized spacial score (nSPS) is 13.1. The third-order valence-electron chi connectivity index (χ3n) is 3.33. The van der Waals surface area contributed by atoms with Crippen LogP contribution in [0.2, 0.25) is 0 Å². The summed E-state index contributed by atoms with van der Waals surface area (Å²) in [6, 6.07) is 23.0. The average molecular weight is 288 g/mol. The first-order valence-corrected chi connectivity index (χ1v) is 6.94. The molecule has 2 aromatic carbocycles. The van der Waals surface area contributed by atoms with Crippen LogP contribution in [0.4, 0.5) is 0 Å². The maximum absolute atomic E-state index is 5.67. The molecule has 0 fully saturated rings. The van der Waals surface area contributed by atoms with Gasteiger partial charge in [0.05, 0.1) is 0 Å². The molecule has 0 aliphatic heterocycles. The predicted molar refractivity (Wildman–Crippen MR) is 83.6 cm³/mol. The highest BCUT2D eigenvalue weighted by atomic mass is 16.3. The number of benzene rings is 2. The zero-order chi connectivity index (χ0) is 14.8. The summed E-state index contributed by atoms with van der Waals surface area (Å²) in [7, 11) is 0. The van der Waals surface area contributed by atoms with E-state index in [-0.39, 0.29) is 0 Å². The van der Waals surface area contributed by atoms with Crippen LogP contribution in [-0.4, -0.2) is 0 Å². The zero-order valence-corrected chi connectivity index (χ0v) is 11.6. The highest BCUT2D eigenvalue weighted by molar-refractivity contribution is 5.76. The first-order chi connectivity index (χ1) is 10.9. The largest absolute Gasteiger partial charge is 0.437 e. The van der Waals surface area contributed by atoms with E-state index in [1.54, 1.807) is 12.1 Å². The fraction of sp³-hybridized carbons (Fsp3) is 0. The van der Waals surface area contributed by atoms with Gasteiger partial charge < -0.3 is 8.83 Å². The van der Waals surface area contributed by atoms with E-state index < -0.39 is 0 Å². The summed E-state index contributed by atoms with van der Waals surface area (Å²) in [5.41, 5.74) is 2.41. The maximum Gasteiger partial charge on any atom is 0.238 e. The summed E-state index contributed by atoms with van der Waals surface area (Å²) < 4.78 is 11.3. The van der Waals surface area contributed by atoms with Gasteiger partial charge in [-0.15, -0.1) is 10.2 Å². The van der Waals surface area contributed by atoms with Crippen LogP contribution in [0, 0.1) is 0 Å². The van der Waals surface area contributed by atoms with Gasteiger partial charge in [0.25, 0.3) is 0 Å². The van der Waals surface area contributed by atoms with Gasteiger partial charge in [-0.3, -0.25) is 0 Å². The van der Waals surface area contributed by atoms with Gasteiger partial charge in [0.2, 0.25) is 11.1 Å². The van der Waals surface area contributed by atoms with Gasteiger partial charge in [-0.1, -0.05) is 36.4 Å². The minimum absolute atomic E-state index is 0.432. The summed E-state index contributed by atoms with van der Waals surface area (Å²) in [4.78, 5) is 0. The third kappa shape index (κ3) is 2.42. The molecule has 0 N–H and O–H groups in total. The van der Waals surface area contributed by atoms with Crippen LogP contribution in [-0.2, 0) is 0 Å². The predicted octanol–water partition coefficient (Wildman–Crippen LogP) is 3.60. The number of nitrogens with zero attached hydrogens (tertiary/aromatic N) is 2. The van der Waals surface area contributed by atoms with Gasteiger partial charge in [-0.05, 0) is 24.3 Å². The Kier molecular flexibility index (Phi) is 3.05. The van der Waals surface area contributed by atoms with Crippen molar-refractivity contribution in [2.45, 2.75) is 0 Å². The van der Waals surface area contributed by atoms with E-state index in [1.807, 2.05) is 60.7 Å². The van der Waals surface area contributed by atoms with Crippen LogP contribution >= 0.6 is 0 Å². The Morgan fingerprint density at radius 2 is 0.955 bits per heavy atom. The molecule has 4 heteroatoms. The summed E-state index contributed by atoms with van der Waals surface area (Å²) in [6.07, 6.45) is 0. The lowest BCUT2D eigenvalue weighted by Gasteiger charge is -1.95. The van der Waals surface area contributed by atoms with E-state index in [2.05, 4.69) is 10.2 Å². The van der Waals surface area contributed by atoms with Crippen molar-refractivity contribution >= 4 is 21.9 Å². The van der Waals surface area contributed by atoms with Crippen molar-refractivity contribution in [3.8, 4) is 0 Å². The minimum atomic E-state index is 0.432. The summed E-state index contributed by atoms with van der Waals surface area (Å²) >= 11 is 0. The number of hydrogen-bond acceptors (Lipinski definition) is 4. The third-order valence-corrected chi connectivity index (χ3v) is 3.33. The zero-order valence-electron chi connectivity index (χ0n) is 11.6. The molecule has 0 atom stereocenters. The minimum Gasteiger partial charge on any atom is -0.437 e. The fourth-order valence-electron chi connectivity index (χ4n) is 2.24. The number of hydrogen-bond donors (Lipinski definition) is 0. The highest BCUT2D eigenvalue weighted by Gasteiger charge is 1.94. The molecule has 0 bridgehead atoms. The lowest BCUT2D eigenvalue weighted by Crippen LogP contribution is -2.02. The summed E-state index contributed by atoms with van der Waals surface area (Å²) in [5, 5.41) is 10.2. The summed E-state index contributed by atoms with van der Waals surface area (Å²) in [6.45, 7) is 0. The van der Waals surface area contributed by atoms with Crippen LogP contribution in [0.15, 0.2) is 91.8 Å². The van der Waals surface area contributed by atoms with E-state index in [1.165, 1.54) is 0 Å². The van der Waals surface area contributed by atoms with Crippen LogP contribution in [0.3, 0.4) is 0 Å². The second-order valence-electron chi connectivity index (χ2n) is 4.82. The first-order valence-electron chi connectivity index (χ1n) is 6.94. The van der Waals surface area contributed by atoms with Crippen molar-refractivity contribution in [3.05, 3.63) is 83.9 Å². The molecule has 4 aromatic rings. The molecular weight excluding hydrogens is 276 g/mol. The molecule has 0 saturated carbocycles. The molecule has 0 aliphatic carbocycles. The van der Waals surface area contributed by atoms with E-state index >= 15 is 0 Å². The van der Waals surface area contributed by atoms with Crippen molar-refractivity contribution < 1.29 is 8.83 Å². The standard InChI is InChI=1S/C18H12N2O2/c1-3-7-15-13(5-1)9-11-17(21-15)19-20-18-12-10-14-6-2-4-8-16(14)22-18/h1-12H/b19-17-,20-18-. The van der Waals surface area contributed by atoms with Gasteiger partial charge in [-0.2, -0.15) is 0 Å². The SMILES string of the molecule is c1ccc2o/c(=N\N=c3\ccc4ccccc4o3)ccc2c1. The lowest BCUT2D eigenvalue weighted by atomic mass is 10.2. The van der Waals surface area contributed by atoms with Crippen molar-refractivity contribution in [3.63, 3.8) is 0 Å². The first kappa shape index (κ1) is 12.6. The number of fused-ring (bicyclic) bond motifs is 2. The van der Waals surface area contributed by atoms with Gasteiger partial charge in [0.1, 0.15) is 11.2 Å². The van der Waals surface area contributed by atoms with Crippen molar-refractivity contribution in [2.75, 3.05) is 0 Å². The molecule has 4 rings (SSSR count). The Morgan fingerprint density at radius 1 is 0.500 bits per heavy atom. The molecule has 106 valence electrons. The van der Waals surface area contributed by atoms with Crippen molar-refractivity contribution in [1.29, 1.82) is 0 Å². The molecule has 2 aromatic heterocycles. The Balaban J connectivity index is 1.82. The molecule has 0 spiro atoms. The smallest absolute Gasteiger partial charge is 0.238 e. The van der Waals surface area contributed by atoms with Crippen molar-refractivity contribution in [2.24, 2.45) is 10.2 Å². The Labute approximate surface area is 125 Å². The second kappa shape index (κ2) is 5.33. The highest BCUT2D eigenvalue weighted by Crippen LogP contribution is 2.10. The van der Waals surface area contributed by atoms with E-state index in [0.717, 1.165) is 21.9 Å². The summed E-state index contributed by atoms with van der Waals surface area (Å²) in [5.74, 6) is 0. The molecule has 22 heavy (non-hydrogen) atoms. The van der Waals surface area contributed by atoms with E-state index in [9.17, 15) is 0 Å². The molecule has 0 amide bonds. The molecule has 0 saturated heterocycles. The monoisotopic (exact) mass is 288 g/mol. The maximum atomic E-state index is 5.67. The Morgan fingerprint density at radius 3 is 1.45 bits per heavy atom. The fourth-order valence-corrected chi connectivity index (χ4v) is 2.24. The van der Waals surface area contributed by atoms with E-state index in [4.69, 9.17) is 8.83 Å². The molecule has 4 nitrogen and oxygen atoms in total. The van der Waals surface area contributed by atoms with Crippen LogP contribution in [0.25, 0.3) is 21.9 Å². The molecule has 0 aliphatic rings. The quantitative estimate of drug-likeness (QED) is 0.502. The molecular formula is C18H12N2O2. The average Bonchev–Trinajstić information content (AvgIpc) is 2.59. The van der Waals surface area contributed by atoms with Gasteiger partial charge in [-0.25, -0.2) is 0 Å². The van der Waals surface area contributed by atoms with Crippen molar-refractivity contribution in [1.82, 2.24) is 0 Å². The second-order valence-corrected chi connectivity index (χ2v) is 4.82. The van der Waals surface area contributed by atoms with Gasteiger partial charge in [0.15, 0.2) is 0 Å². The van der Waals surface area contributed by atoms with E-state index in [0.29, 0.717) is 11.1 Å². The van der Waals surface area contributed by atoms with Crippen LogP contribution in [0.5, 0.6) is 0 Å².